The van der Waals surface area contributed by atoms with Gasteiger partial charge < -0.3 is 5.32 Å². The van der Waals surface area contributed by atoms with Gasteiger partial charge >= 0.3 is 0 Å². The van der Waals surface area contributed by atoms with Crippen LogP contribution >= 0.6 is 11.3 Å². The summed E-state index contributed by atoms with van der Waals surface area (Å²) in [5.41, 5.74) is 1.19. The molecule has 0 aliphatic carbocycles. The molecule has 0 unspecified atom stereocenters. The number of thiazole rings is 1. The molecule has 0 bridgehead atoms. The molecule has 0 radical (unpaired) electrons. The normalized spacial score (nSPS) is 10.1. The molecule has 0 fully saturated rings. The first-order chi connectivity index (χ1) is 5.83. The van der Waals surface area contributed by atoms with Crippen molar-refractivity contribution in [2.45, 2.75) is 13.3 Å². The van der Waals surface area contributed by atoms with Gasteiger partial charge in [-0.15, -0.1) is 17.9 Å². The van der Waals surface area contributed by atoms with Gasteiger partial charge in [0, 0.05) is 24.9 Å². The highest BCUT2D eigenvalue weighted by molar-refractivity contribution is 7.09. The lowest BCUT2D eigenvalue weighted by Gasteiger charge is -1.97. The van der Waals surface area contributed by atoms with Gasteiger partial charge in [0.1, 0.15) is 0 Å². The van der Waals surface area contributed by atoms with E-state index < -0.39 is 0 Å². The molecule has 0 aliphatic heterocycles. The molecule has 2 nitrogen and oxygen atoms in total. The molecule has 66 valence electrons. The van der Waals surface area contributed by atoms with Crippen LogP contribution in [0.15, 0.2) is 18.0 Å². The molecule has 1 heterocycles. The van der Waals surface area contributed by atoms with Gasteiger partial charge in [0.25, 0.3) is 0 Å². The van der Waals surface area contributed by atoms with Crippen LogP contribution in [0.1, 0.15) is 10.7 Å². The molecule has 0 spiro atoms. The van der Waals surface area contributed by atoms with E-state index in [0.717, 1.165) is 24.5 Å². The fourth-order valence-corrected chi connectivity index (χ4v) is 1.59. The average molecular weight is 182 g/mol. The van der Waals surface area contributed by atoms with Crippen molar-refractivity contribution >= 4 is 11.3 Å². The van der Waals surface area contributed by atoms with Gasteiger partial charge in [0.15, 0.2) is 0 Å². The maximum absolute atomic E-state index is 4.36. The number of aryl methyl sites for hydroxylation is 1. The van der Waals surface area contributed by atoms with Gasteiger partial charge in [-0.05, 0) is 6.92 Å². The lowest BCUT2D eigenvalue weighted by molar-refractivity contribution is 0.736. The Hall–Kier alpha value is -0.670. The summed E-state index contributed by atoms with van der Waals surface area (Å²) in [6.07, 6.45) is 2.88. The third-order valence-electron chi connectivity index (χ3n) is 1.51. The van der Waals surface area contributed by atoms with E-state index in [2.05, 4.69) is 22.3 Å². The van der Waals surface area contributed by atoms with Gasteiger partial charge in [-0.2, -0.15) is 0 Å². The summed E-state index contributed by atoms with van der Waals surface area (Å²) in [6.45, 7) is 7.53. The zero-order valence-corrected chi connectivity index (χ0v) is 8.16. The second-order valence-electron chi connectivity index (χ2n) is 2.60. The topological polar surface area (TPSA) is 24.9 Å². The fraction of sp³-hybridized carbons (Fsp3) is 0.444. The van der Waals surface area contributed by atoms with Crippen molar-refractivity contribution in [3.63, 3.8) is 0 Å². The zero-order valence-electron chi connectivity index (χ0n) is 7.34. The molecule has 0 saturated heterocycles. The second-order valence-corrected chi connectivity index (χ2v) is 3.66. The van der Waals surface area contributed by atoms with Crippen LogP contribution in [0.2, 0.25) is 0 Å². The highest BCUT2D eigenvalue weighted by atomic mass is 32.1. The number of hydrogen-bond donors (Lipinski definition) is 1. The summed E-state index contributed by atoms with van der Waals surface area (Å²) in [7, 11) is 0. The molecular formula is C9H14N2S. The monoisotopic (exact) mass is 182 g/mol. The van der Waals surface area contributed by atoms with E-state index in [-0.39, 0.29) is 0 Å². The van der Waals surface area contributed by atoms with E-state index in [9.17, 15) is 0 Å². The summed E-state index contributed by atoms with van der Waals surface area (Å²) in [5.74, 6) is 0. The molecule has 1 aromatic rings. The Balaban J connectivity index is 2.19. The molecule has 1 aromatic heterocycles. The number of rotatable bonds is 5. The Morgan fingerprint density at radius 3 is 3.17 bits per heavy atom. The van der Waals surface area contributed by atoms with Gasteiger partial charge in [0.05, 0.1) is 10.7 Å². The molecular weight excluding hydrogens is 168 g/mol. The number of nitrogens with one attached hydrogen (secondary N) is 1. The van der Waals surface area contributed by atoms with Crippen LogP contribution < -0.4 is 5.32 Å². The minimum absolute atomic E-state index is 0.878. The van der Waals surface area contributed by atoms with Crippen molar-refractivity contribution in [3.8, 4) is 0 Å². The van der Waals surface area contributed by atoms with E-state index in [1.165, 1.54) is 5.69 Å². The molecule has 0 aromatic carbocycles. The van der Waals surface area contributed by atoms with Gasteiger partial charge in [-0.25, -0.2) is 4.98 Å². The lowest BCUT2D eigenvalue weighted by Crippen LogP contribution is -2.16. The Labute approximate surface area is 77.3 Å². The average Bonchev–Trinajstić information content (AvgIpc) is 2.45. The van der Waals surface area contributed by atoms with E-state index in [4.69, 9.17) is 0 Å². The van der Waals surface area contributed by atoms with Crippen LogP contribution in [0.3, 0.4) is 0 Å². The van der Waals surface area contributed by atoms with Crippen molar-refractivity contribution in [2.24, 2.45) is 0 Å². The van der Waals surface area contributed by atoms with Gasteiger partial charge in [0.2, 0.25) is 0 Å². The molecule has 1 N–H and O–H groups in total. The molecule has 3 heteroatoms. The van der Waals surface area contributed by atoms with E-state index in [0.29, 0.717) is 0 Å². The fourth-order valence-electron chi connectivity index (χ4n) is 0.944. The Bertz CT molecular complexity index is 242. The minimum Gasteiger partial charge on any atom is -0.313 e. The van der Waals surface area contributed by atoms with Crippen molar-refractivity contribution in [1.29, 1.82) is 0 Å². The predicted octanol–water partition coefficient (Wildman–Crippen LogP) is 1.77. The van der Waals surface area contributed by atoms with Crippen LogP contribution in [0.4, 0.5) is 0 Å². The Morgan fingerprint density at radius 1 is 1.75 bits per heavy atom. The van der Waals surface area contributed by atoms with E-state index >= 15 is 0 Å². The molecule has 0 atom stereocenters. The zero-order chi connectivity index (χ0) is 8.81. The van der Waals surface area contributed by atoms with E-state index in [1.807, 2.05) is 13.0 Å². The summed E-state index contributed by atoms with van der Waals surface area (Å²) in [6, 6.07) is 0. The molecule has 1 rings (SSSR count). The Morgan fingerprint density at radius 2 is 2.58 bits per heavy atom. The minimum atomic E-state index is 0.878. The first-order valence-electron chi connectivity index (χ1n) is 4.05. The standard InChI is InChI=1S/C9H14N2S/c1-3-5-10-6-4-9-7-12-8(2)11-9/h3,7,10H,1,4-6H2,2H3. The van der Waals surface area contributed by atoms with E-state index in [1.54, 1.807) is 11.3 Å². The maximum atomic E-state index is 4.36. The van der Waals surface area contributed by atoms with Crippen LogP contribution in [0.25, 0.3) is 0 Å². The number of aromatic nitrogens is 1. The largest absolute Gasteiger partial charge is 0.313 e. The third kappa shape index (κ3) is 3.15. The summed E-state index contributed by atoms with van der Waals surface area (Å²) in [5, 5.41) is 6.50. The molecule has 0 saturated carbocycles. The Kier molecular flexibility index (Phi) is 3.97. The molecule has 0 aliphatic rings. The maximum Gasteiger partial charge on any atom is 0.0897 e. The quantitative estimate of drug-likeness (QED) is 0.554. The SMILES string of the molecule is C=CCNCCc1csc(C)n1. The summed E-state index contributed by atoms with van der Waals surface area (Å²) >= 11 is 1.71. The molecule has 12 heavy (non-hydrogen) atoms. The lowest BCUT2D eigenvalue weighted by atomic mass is 10.3. The smallest absolute Gasteiger partial charge is 0.0897 e. The first kappa shape index (κ1) is 9.42. The number of hydrogen-bond acceptors (Lipinski definition) is 3. The van der Waals surface area contributed by atoms with Crippen LogP contribution in [-0.2, 0) is 6.42 Å². The summed E-state index contributed by atoms with van der Waals surface area (Å²) in [4.78, 5) is 4.36. The van der Waals surface area contributed by atoms with Crippen LogP contribution in [-0.4, -0.2) is 18.1 Å². The highest BCUT2D eigenvalue weighted by Gasteiger charge is 1.96. The summed E-state index contributed by atoms with van der Waals surface area (Å²) < 4.78 is 0. The van der Waals surface area contributed by atoms with Crippen LogP contribution in [0, 0.1) is 6.92 Å². The predicted molar refractivity (Wildman–Crippen MR) is 53.6 cm³/mol. The molecule has 0 amide bonds. The van der Waals surface area contributed by atoms with Gasteiger partial charge in [-0.3, -0.25) is 0 Å². The second kappa shape index (κ2) is 5.06. The van der Waals surface area contributed by atoms with Gasteiger partial charge in [-0.1, -0.05) is 6.08 Å². The number of nitrogens with zero attached hydrogens (tertiary/aromatic N) is 1. The highest BCUT2D eigenvalue weighted by Crippen LogP contribution is 2.07. The third-order valence-corrected chi connectivity index (χ3v) is 2.34. The van der Waals surface area contributed by atoms with Crippen LogP contribution in [0.5, 0.6) is 0 Å². The van der Waals surface area contributed by atoms with Crippen molar-refractivity contribution in [3.05, 3.63) is 28.7 Å². The first-order valence-corrected chi connectivity index (χ1v) is 4.93. The van der Waals surface area contributed by atoms with Crippen molar-refractivity contribution in [1.82, 2.24) is 10.3 Å². The van der Waals surface area contributed by atoms with Crippen molar-refractivity contribution in [2.75, 3.05) is 13.1 Å². The van der Waals surface area contributed by atoms with Crippen molar-refractivity contribution < 1.29 is 0 Å².